The number of aromatic nitrogens is 1. The first kappa shape index (κ1) is 18.1. The van der Waals surface area contributed by atoms with Crippen molar-refractivity contribution in [3.05, 3.63) is 70.7 Å². The molecular weight excluding hydrogens is 367 g/mol. The summed E-state index contributed by atoms with van der Waals surface area (Å²) in [6, 6.07) is 12.6. The van der Waals surface area contributed by atoms with E-state index in [-0.39, 0.29) is 23.7 Å². The lowest BCUT2D eigenvalue weighted by Crippen LogP contribution is -2.39. The molecule has 1 amide bonds. The zero-order valence-electron chi connectivity index (χ0n) is 16.2. The molecular formula is C24H23FN2O2. The van der Waals surface area contributed by atoms with Crippen molar-refractivity contribution < 1.29 is 14.0 Å². The maximum Gasteiger partial charge on any atom is 0.223 e. The van der Waals surface area contributed by atoms with Crippen LogP contribution in [0.3, 0.4) is 0 Å². The van der Waals surface area contributed by atoms with Crippen LogP contribution in [-0.4, -0.2) is 22.8 Å². The molecule has 2 aliphatic carbocycles. The fourth-order valence-electron chi connectivity index (χ4n) is 4.53. The third-order valence-corrected chi connectivity index (χ3v) is 6.15. The first-order chi connectivity index (χ1) is 14.1. The molecule has 29 heavy (non-hydrogen) atoms. The number of carbonyl (C=O) groups is 2. The van der Waals surface area contributed by atoms with E-state index in [2.05, 4.69) is 9.88 Å². The maximum absolute atomic E-state index is 13.7. The first-order valence-corrected chi connectivity index (χ1v) is 10.3. The van der Waals surface area contributed by atoms with Crippen LogP contribution in [0.4, 0.5) is 4.39 Å². The number of rotatable bonds is 5. The molecule has 1 heterocycles. The molecule has 5 heteroatoms. The Labute approximate surface area is 168 Å². The molecule has 4 nitrogen and oxygen atoms in total. The van der Waals surface area contributed by atoms with Crippen LogP contribution in [-0.2, 0) is 24.2 Å². The van der Waals surface area contributed by atoms with Gasteiger partial charge >= 0.3 is 0 Å². The summed E-state index contributed by atoms with van der Waals surface area (Å²) >= 11 is 0. The van der Waals surface area contributed by atoms with E-state index in [1.165, 1.54) is 17.3 Å². The van der Waals surface area contributed by atoms with Crippen LogP contribution in [0.2, 0.25) is 0 Å². The zero-order chi connectivity index (χ0) is 20.0. The van der Waals surface area contributed by atoms with Crippen molar-refractivity contribution in [1.29, 1.82) is 0 Å². The van der Waals surface area contributed by atoms with Crippen molar-refractivity contribution in [1.82, 2.24) is 9.88 Å². The molecule has 0 spiro atoms. The first-order valence-electron chi connectivity index (χ1n) is 10.3. The second-order valence-electron chi connectivity index (χ2n) is 8.26. The van der Waals surface area contributed by atoms with Gasteiger partial charge in [-0.1, -0.05) is 12.1 Å². The fraction of sp³-hybridized carbons (Fsp3) is 0.333. The Kier molecular flexibility index (Phi) is 4.46. The van der Waals surface area contributed by atoms with E-state index < -0.39 is 0 Å². The highest BCUT2D eigenvalue weighted by molar-refractivity contribution is 5.91. The fourth-order valence-corrected chi connectivity index (χ4v) is 4.53. The van der Waals surface area contributed by atoms with Crippen LogP contribution in [0, 0.1) is 11.7 Å². The highest BCUT2D eigenvalue weighted by atomic mass is 19.1. The van der Waals surface area contributed by atoms with Gasteiger partial charge in [0.2, 0.25) is 5.91 Å². The Balaban J connectivity index is 1.54. The molecule has 0 saturated heterocycles. The molecule has 1 N–H and O–H groups in total. The molecule has 0 radical (unpaired) electrons. The summed E-state index contributed by atoms with van der Waals surface area (Å²) < 4.78 is 15.9. The summed E-state index contributed by atoms with van der Waals surface area (Å²) in [5, 5.41) is 4.28. The second kappa shape index (κ2) is 7.14. The average molecular weight is 390 g/mol. The number of nitrogens with zero attached hydrogens (tertiary/aromatic N) is 1. The van der Waals surface area contributed by atoms with Crippen LogP contribution in [0.25, 0.3) is 10.9 Å². The molecule has 1 atom stereocenters. The van der Waals surface area contributed by atoms with E-state index in [4.69, 9.17) is 0 Å². The van der Waals surface area contributed by atoms with E-state index in [0.717, 1.165) is 54.9 Å². The molecule has 1 fully saturated rings. The number of halogens is 1. The van der Waals surface area contributed by atoms with Crippen LogP contribution >= 0.6 is 0 Å². The topological polar surface area (TPSA) is 51.1 Å². The Hall–Kier alpha value is -2.95. The van der Waals surface area contributed by atoms with Crippen LogP contribution in [0.1, 0.15) is 46.4 Å². The minimum Gasteiger partial charge on any atom is -0.353 e. The SMILES string of the molecule is O=Cc1ccc2c(c1)c1c(n2Cc2cccc(F)c2)CC[C@@H](NC(=O)C2CC2)C1. The Morgan fingerprint density at radius 3 is 2.79 bits per heavy atom. The molecule has 3 aromatic rings. The van der Waals surface area contributed by atoms with Gasteiger partial charge in [-0.05, 0) is 73.6 Å². The summed E-state index contributed by atoms with van der Waals surface area (Å²) in [5.41, 5.74) is 5.04. The molecule has 2 aliphatic rings. The largest absolute Gasteiger partial charge is 0.353 e. The molecule has 1 saturated carbocycles. The number of fused-ring (bicyclic) bond motifs is 3. The van der Waals surface area contributed by atoms with Gasteiger partial charge in [0, 0.05) is 40.7 Å². The summed E-state index contributed by atoms with van der Waals surface area (Å²) in [7, 11) is 0. The molecule has 148 valence electrons. The van der Waals surface area contributed by atoms with Gasteiger partial charge in [0.05, 0.1) is 0 Å². The molecule has 0 bridgehead atoms. The standard InChI is InChI=1S/C24H23FN2O2/c25-18-3-1-2-15(10-18)13-27-22-8-4-16(14-28)11-20(22)21-12-19(7-9-23(21)27)26-24(29)17-5-6-17/h1-4,8,10-11,14,17,19H,5-7,9,12-13H2,(H,26,29)/t19-/m1/s1. The number of amides is 1. The third-order valence-electron chi connectivity index (χ3n) is 6.15. The van der Waals surface area contributed by atoms with Crippen molar-refractivity contribution in [2.75, 3.05) is 0 Å². The quantitative estimate of drug-likeness (QED) is 0.669. The van der Waals surface area contributed by atoms with E-state index in [0.29, 0.717) is 12.1 Å². The van der Waals surface area contributed by atoms with Gasteiger partial charge in [-0.25, -0.2) is 4.39 Å². The van der Waals surface area contributed by atoms with Crippen molar-refractivity contribution >= 4 is 23.1 Å². The van der Waals surface area contributed by atoms with E-state index >= 15 is 0 Å². The number of benzene rings is 2. The lowest BCUT2D eigenvalue weighted by Gasteiger charge is -2.25. The summed E-state index contributed by atoms with van der Waals surface area (Å²) in [4.78, 5) is 23.6. The maximum atomic E-state index is 13.7. The Morgan fingerprint density at radius 1 is 1.17 bits per heavy atom. The summed E-state index contributed by atoms with van der Waals surface area (Å²) in [5.74, 6) is 0.141. The monoisotopic (exact) mass is 390 g/mol. The normalized spacial score (nSPS) is 18.4. The number of nitrogens with one attached hydrogen (secondary N) is 1. The van der Waals surface area contributed by atoms with Crippen molar-refractivity contribution in [2.24, 2.45) is 5.92 Å². The predicted molar refractivity (Wildman–Crippen MR) is 110 cm³/mol. The van der Waals surface area contributed by atoms with Crippen molar-refractivity contribution in [3.63, 3.8) is 0 Å². The van der Waals surface area contributed by atoms with Crippen molar-refractivity contribution in [2.45, 2.75) is 44.7 Å². The molecule has 5 rings (SSSR count). The summed E-state index contributed by atoms with van der Waals surface area (Å²) in [6.07, 6.45) is 5.38. The van der Waals surface area contributed by atoms with Gasteiger partial charge in [0.25, 0.3) is 0 Å². The van der Waals surface area contributed by atoms with Gasteiger partial charge in [-0.3, -0.25) is 9.59 Å². The van der Waals surface area contributed by atoms with Gasteiger partial charge in [-0.15, -0.1) is 0 Å². The zero-order valence-corrected chi connectivity index (χ0v) is 16.2. The third kappa shape index (κ3) is 3.46. The van der Waals surface area contributed by atoms with E-state index in [9.17, 15) is 14.0 Å². The smallest absolute Gasteiger partial charge is 0.223 e. The lowest BCUT2D eigenvalue weighted by molar-refractivity contribution is -0.123. The minimum atomic E-state index is -0.237. The second-order valence-corrected chi connectivity index (χ2v) is 8.26. The minimum absolute atomic E-state index is 0.128. The van der Waals surface area contributed by atoms with Crippen LogP contribution < -0.4 is 5.32 Å². The van der Waals surface area contributed by atoms with Crippen LogP contribution in [0.15, 0.2) is 42.5 Å². The average Bonchev–Trinajstić information content (AvgIpc) is 3.53. The highest BCUT2D eigenvalue weighted by Crippen LogP contribution is 2.34. The van der Waals surface area contributed by atoms with Gasteiger partial charge < -0.3 is 9.88 Å². The molecule has 0 aliphatic heterocycles. The molecule has 0 unspecified atom stereocenters. The number of aldehydes is 1. The van der Waals surface area contributed by atoms with E-state index in [1.54, 1.807) is 12.1 Å². The van der Waals surface area contributed by atoms with Gasteiger partial charge in [0.15, 0.2) is 0 Å². The van der Waals surface area contributed by atoms with Crippen molar-refractivity contribution in [3.8, 4) is 0 Å². The predicted octanol–water partition coefficient (Wildman–Crippen LogP) is 4.02. The van der Waals surface area contributed by atoms with Gasteiger partial charge in [0.1, 0.15) is 12.1 Å². The van der Waals surface area contributed by atoms with E-state index in [1.807, 2.05) is 24.3 Å². The highest BCUT2D eigenvalue weighted by Gasteiger charge is 2.33. The Morgan fingerprint density at radius 2 is 2.03 bits per heavy atom. The Bertz CT molecular complexity index is 1110. The number of carbonyl (C=O) groups excluding carboxylic acids is 2. The van der Waals surface area contributed by atoms with Gasteiger partial charge in [-0.2, -0.15) is 0 Å². The molecule has 1 aromatic heterocycles. The lowest BCUT2D eigenvalue weighted by atomic mass is 9.91. The number of hydrogen-bond acceptors (Lipinski definition) is 2. The number of hydrogen-bond donors (Lipinski definition) is 1. The summed E-state index contributed by atoms with van der Waals surface area (Å²) in [6.45, 7) is 0.586. The molecule has 2 aromatic carbocycles. The van der Waals surface area contributed by atoms with Crippen LogP contribution in [0.5, 0.6) is 0 Å².